The smallest absolute Gasteiger partial charge is 0.236 e. The highest BCUT2D eigenvalue weighted by Crippen LogP contribution is 2.09. The lowest BCUT2D eigenvalue weighted by Crippen LogP contribution is -2.36. The van der Waals surface area contributed by atoms with Crippen LogP contribution in [0.25, 0.3) is 0 Å². The van der Waals surface area contributed by atoms with Gasteiger partial charge in [-0.3, -0.25) is 4.79 Å². The Balaban J connectivity index is 2.40. The van der Waals surface area contributed by atoms with E-state index in [4.69, 9.17) is 10.2 Å². The number of hydrogen-bond acceptors (Lipinski definition) is 4. The van der Waals surface area contributed by atoms with Gasteiger partial charge < -0.3 is 20.4 Å². The van der Waals surface area contributed by atoms with Gasteiger partial charge in [-0.15, -0.1) is 0 Å². The summed E-state index contributed by atoms with van der Waals surface area (Å²) in [5.41, 5.74) is 0. The summed E-state index contributed by atoms with van der Waals surface area (Å²) in [5, 5.41) is 21.0. The van der Waals surface area contributed by atoms with E-state index in [9.17, 15) is 4.79 Å². The summed E-state index contributed by atoms with van der Waals surface area (Å²) < 4.78 is 0. The SMILES string of the molecule is CNCC(=O)N1C[C@@H](O)[C@@H](O)C1. The van der Waals surface area contributed by atoms with Crippen LogP contribution >= 0.6 is 0 Å². The fraction of sp³-hybridized carbons (Fsp3) is 0.857. The first-order valence-electron chi connectivity index (χ1n) is 3.93. The monoisotopic (exact) mass is 174 g/mol. The maximum Gasteiger partial charge on any atom is 0.236 e. The minimum Gasteiger partial charge on any atom is -0.388 e. The minimum atomic E-state index is -0.786. The second-order valence-corrected chi connectivity index (χ2v) is 2.96. The van der Waals surface area contributed by atoms with E-state index in [0.717, 1.165) is 0 Å². The predicted octanol–water partition coefficient (Wildman–Crippen LogP) is -2.23. The predicted molar refractivity (Wildman–Crippen MR) is 42.5 cm³/mol. The van der Waals surface area contributed by atoms with Crippen molar-refractivity contribution in [3.8, 4) is 0 Å². The summed E-state index contributed by atoms with van der Waals surface area (Å²) in [6, 6.07) is 0. The van der Waals surface area contributed by atoms with Crippen LogP contribution in [-0.2, 0) is 4.79 Å². The molecule has 3 N–H and O–H groups in total. The number of amides is 1. The highest BCUT2D eigenvalue weighted by Gasteiger charge is 2.31. The molecule has 5 heteroatoms. The quantitative estimate of drug-likeness (QED) is 0.443. The van der Waals surface area contributed by atoms with E-state index in [1.807, 2.05) is 0 Å². The molecule has 0 aromatic carbocycles. The van der Waals surface area contributed by atoms with Gasteiger partial charge in [0.2, 0.25) is 5.91 Å². The highest BCUT2D eigenvalue weighted by molar-refractivity contribution is 5.78. The summed E-state index contributed by atoms with van der Waals surface area (Å²) in [6.45, 7) is 0.725. The van der Waals surface area contributed by atoms with Gasteiger partial charge in [0.1, 0.15) is 0 Å². The molecule has 5 nitrogen and oxygen atoms in total. The summed E-state index contributed by atoms with van der Waals surface area (Å²) in [7, 11) is 1.68. The van der Waals surface area contributed by atoms with Crippen molar-refractivity contribution < 1.29 is 15.0 Å². The molecule has 0 bridgehead atoms. The third-order valence-electron chi connectivity index (χ3n) is 1.94. The average molecular weight is 174 g/mol. The molecule has 1 aliphatic heterocycles. The van der Waals surface area contributed by atoms with E-state index < -0.39 is 12.2 Å². The Morgan fingerprint density at radius 1 is 1.50 bits per heavy atom. The van der Waals surface area contributed by atoms with Gasteiger partial charge in [0.25, 0.3) is 0 Å². The van der Waals surface area contributed by atoms with Gasteiger partial charge >= 0.3 is 0 Å². The van der Waals surface area contributed by atoms with Crippen LogP contribution < -0.4 is 5.32 Å². The van der Waals surface area contributed by atoms with Crippen molar-refractivity contribution in [2.45, 2.75) is 12.2 Å². The number of hydrogen-bond donors (Lipinski definition) is 3. The Hall–Kier alpha value is -0.650. The molecular formula is C7H14N2O3. The standard InChI is InChI=1S/C7H14N2O3/c1-8-2-7(12)9-3-5(10)6(11)4-9/h5-6,8,10-11H,2-4H2,1H3/t5-,6+. The van der Waals surface area contributed by atoms with Crippen molar-refractivity contribution in [3.05, 3.63) is 0 Å². The lowest BCUT2D eigenvalue weighted by molar-refractivity contribution is -0.129. The van der Waals surface area contributed by atoms with Gasteiger partial charge in [0.05, 0.1) is 18.8 Å². The van der Waals surface area contributed by atoms with Crippen molar-refractivity contribution in [1.29, 1.82) is 0 Å². The molecule has 0 radical (unpaired) electrons. The fourth-order valence-corrected chi connectivity index (χ4v) is 1.24. The number of aliphatic hydroxyl groups excluding tert-OH is 2. The zero-order chi connectivity index (χ0) is 9.14. The van der Waals surface area contributed by atoms with Crippen LogP contribution in [0.3, 0.4) is 0 Å². The molecule has 0 aromatic heterocycles. The Morgan fingerprint density at radius 3 is 2.42 bits per heavy atom. The summed E-state index contributed by atoms with van der Waals surface area (Å²) in [4.78, 5) is 12.6. The van der Waals surface area contributed by atoms with E-state index >= 15 is 0 Å². The molecule has 1 fully saturated rings. The molecule has 0 spiro atoms. The fourth-order valence-electron chi connectivity index (χ4n) is 1.24. The van der Waals surface area contributed by atoms with Gasteiger partial charge in [-0.2, -0.15) is 0 Å². The van der Waals surface area contributed by atoms with E-state index in [2.05, 4.69) is 5.32 Å². The minimum absolute atomic E-state index is 0.0897. The zero-order valence-corrected chi connectivity index (χ0v) is 7.03. The summed E-state index contributed by atoms with van der Waals surface area (Å²) in [5.74, 6) is -0.0897. The molecule has 1 amide bonds. The second-order valence-electron chi connectivity index (χ2n) is 2.96. The van der Waals surface area contributed by atoms with Crippen LogP contribution in [0.2, 0.25) is 0 Å². The molecular weight excluding hydrogens is 160 g/mol. The van der Waals surface area contributed by atoms with Gasteiger partial charge in [-0.25, -0.2) is 0 Å². The van der Waals surface area contributed by atoms with Crippen LogP contribution in [0, 0.1) is 0 Å². The molecule has 12 heavy (non-hydrogen) atoms. The van der Waals surface area contributed by atoms with E-state index in [0.29, 0.717) is 0 Å². The third-order valence-corrected chi connectivity index (χ3v) is 1.94. The number of carbonyl (C=O) groups is 1. The van der Waals surface area contributed by atoms with Crippen molar-refractivity contribution in [2.75, 3.05) is 26.7 Å². The first-order valence-corrected chi connectivity index (χ1v) is 3.93. The molecule has 0 saturated carbocycles. The number of aliphatic hydroxyl groups is 2. The Bertz CT molecular complexity index is 164. The molecule has 0 unspecified atom stereocenters. The van der Waals surface area contributed by atoms with Crippen LogP contribution in [-0.4, -0.2) is 59.9 Å². The van der Waals surface area contributed by atoms with Gasteiger partial charge in [-0.05, 0) is 7.05 Å². The lowest BCUT2D eigenvalue weighted by Gasteiger charge is -2.14. The molecule has 1 rings (SSSR count). The largest absolute Gasteiger partial charge is 0.388 e. The first kappa shape index (κ1) is 9.44. The van der Waals surface area contributed by atoms with Crippen LogP contribution in [0.15, 0.2) is 0 Å². The van der Waals surface area contributed by atoms with Crippen LogP contribution in [0.5, 0.6) is 0 Å². The number of nitrogens with one attached hydrogen (secondary N) is 1. The topological polar surface area (TPSA) is 72.8 Å². The molecule has 70 valence electrons. The number of carbonyl (C=O) groups excluding carboxylic acids is 1. The van der Waals surface area contributed by atoms with Crippen LogP contribution in [0.1, 0.15) is 0 Å². The van der Waals surface area contributed by atoms with E-state index in [1.54, 1.807) is 7.05 Å². The van der Waals surface area contributed by atoms with Crippen molar-refractivity contribution in [3.63, 3.8) is 0 Å². The number of β-amino-alcohol motifs (C(OH)–C–C–N with tert-alkyl or cyclic N) is 2. The molecule has 1 saturated heterocycles. The van der Waals surface area contributed by atoms with E-state index in [1.165, 1.54) is 4.90 Å². The van der Waals surface area contributed by atoms with Gasteiger partial charge in [0, 0.05) is 13.1 Å². The number of rotatable bonds is 2. The van der Waals surface area contributed by atoms with Crippen molar-refractivity contribution in [1.82, 2.24) is 10.2 Å². The van der Waals surface area contributed by atoms with E-state index in [-0.39, 0.29) is 25.5 Å². The first-order chi connectivity index (χ1) is 5.65. The zero-order valence-electron chi connectivity index (χ0n) is 7.03. The molecule has 2 atom stereocenters. The Kier molecular flexibility index (Phi) is 3.02. The van der Waals surface area contributed by atoms with Crippen molar-refractivity contribution >= 4 is 5.91 Å². The lowest BCUT2D eigenvalue weighted by atomic mass is 10.3. The maximum atomic E-state index is 11.2. The molecule has 1 heterocycles. The number of likely N-dealkylation sites (tertiary alicyclic amines) is 1. The second kappa shape index (κ2) is 3.84. The number of nitrogens with zero attached hydrogens (tertiary/aromatic N) is 1. The van der Waals surface area contributed by atoms with Gasteiger partial charge in [-0.1, -0.05) is 0 Å². The molecule has 0 aromatic rings. The van der Waals surface area contributed by atoms with Crippen molar-refractivity contribution in [2.24, 2.45) is 0 Å². The van der Waals surface area contributed by atoms with Crippen LogP contribution in [0.4, 0.5) is 0 Å². The average Bonchev–Trinajstić information content (AvgIpc) is 2.33. The number of likely N-dealkylation sites (N-methyl/N-ethyl adjacent to an activating group) is 1. The third kappa shape index (κ3) is 1.94. The summed E-state index contributed by atoms with van der Waals surface area (Å²) >= 11 is 0. The maximum absolute atomic E-state index is 11.2. The van der Waals surface area contributed by atoms with Gasteiger partial charge in [0.15, 0.2) is 0 Å². The molecule has 0 aliphatic carbocycles. The Morgan fingerprint density at radius 2 is 2.00 bits per heavy atom. The normalized spacial score (nSPS) is 29.4. The highest BCUT2D eigenvalue weighted by atomic mass is 16.3. The Labute approximate surface area is 71.0 Å². The molecule has 1 aliphatic rings. The summed E-state index contributed by atoms with van der Waals surface area (Å²) in [6.07, 6.45) is -1.57.